The Hall–Kier alpha value is -2.78. The zero-order valence-electron chi connectivity index (χ0n) is 16.9. The number of rotatable bonds is 4. The number of aromatic amines is 1. The highest BCUT2D eigenvalue weighted by atomic mass is 32.1. The van der Waals surface area contributed by atoms with E-state index in [0.29, 0.717) is 33.0 Å². The van der Waals surface area contributed by atoms with E-state index in [1.165, 1.54) is 30.6 Å². The fraction of sp³-hybridized carbons (Fsp3) is 0.381. The van der Waals surface area contributed by atoms with Gasteiger partial charge in [0.05, 0.1) is 19.0 Å². The van der Waals surface area contributed by atoms with Gasteiger partial charge in [-0.15, -0.1) is 11.3 Å². The lowest BCUT2D eigenvalue weighted by atomic mass is 10.2. The molecule has 2 aromatic heterocycles. The third kappa shape index (κ3) is 4.08. The number of halogens is 1. The molecule has 0 saturated carbocycles. The molecule has 1 aliphatic rings. The molecule has 0 aliphatic carbocycles. The summed E-state index contributed by atoms with van der Waals surface area (Å²) >= 11 is 1.19. The van der Waals surface area contributed by atoms with E-state index in [9.17, 15) is 14.0 Å². The Bertz CT molecular complexity index is 1130. The number of carbonyl (C=O) groups excluding carboxylic acids is 1. The maximum atomic E-state index is 13.2. The fourth-order valence-electron chi connectivity index (χ4n) is 3.80. The molecule has 3 aromatic rings. The number of anilines is 1. The maximum absolute atomic E-state index is 13.2. The van der Waals surface area contributed by atoms with Gasteiger partial charge in [-0.2, -0.15) is 0 Å². The van der Waals surface area contributed by atoms with Crippen LogP contribution in [0.15, 0.2) is 29.1 Å². The van der Waals surface area contributed by atoms with Crippen molar-refractivity contribution in [1.29, 1.82) is 0 Å². The molecule has 1 aromatic carbocycles. The third-order valence-corrected chi connectivity index (χ3v) is 6.54. The second kappa shape index (κ2) is 8.53. The van der Waals surface area contributed by atoms with Crippen molar-refractivity contribution in [1.82, 2.24) is 14.9 Å². The van der Waals surface area contributed by atoms with E-state index in [2.05, 4.69) is 19.8 Å². The molecule has 1 saturated heterocycles. The van der Waals surface area contributed by atoms with Gasteiger partial charge in [0, 0.05) is 31.9 Å². The largest absolute Gasteiger partial charge is 0.465 e. The molecule has 1 aliphatic heterocycles. The Balaban J connectivity index is 1.50. The van der Waals surface area contributed by atoms with Crippen LogP contribution in [0.3, 0.4) is 0 Å². The predicted octanol–water partition coefficient (Wildman–Crippen LogP) is 2.93. The first kappa shape index (κ1) is 20.5. The van der Waals surface area contributed by atoms with Crippen LogP contribution >= 0.6 is 11.3 Å². The summed E-state index contributed by atoms with van der Waals surface area (Å²) in [6.45, 7) is 5.63. The summed E-state index contributed by atoms with van der Waals surface area (Å²) in [5.74, 6) is -0.106. The SMILES string of the molecule is COC(=O)c1sc2nc(CN3CCCN(c4ccc(F)cc4)CC3)[nH]c(=O)c2c1C. The van der Waals surface area contributed by atoms with E-state index in [1.54, 1.807) is 19.1 Å². The molecule has 0 bridgehead atoms. The van der Waals surface area contributed by atoms with Gasteiger partial charge in [-0.1, -0.05) is 0 Å². The number of benzene rings is 1. The van der Waals surface area contributed by atoms with Crippen LogP contribution in [0.2, 0.25) is 0 Å². The van der Waals surface area contributed by atoms with Crippen molar-refractivity contribution in [3.63, 3.8) is 0 Å². The summed E-state index contributed by atoms with van der Waals surface area (Å²) in [5.41, 5.74) is 1.38. The predicted molar refractivity (Wildman–Crippen MR) is 115 cm³/mol. The zero-order valence-corrected chi connectivity index (χ0v) is 17.7. The first-order valence-electron chi connectivity index (χ1n) is 9.79. The van der Waals surface area contributed by atoms with Crippen LogP contribution in [0.1, 0.15) is 27.5 Å². The minimum atomic E-state index is -0.454. The lowest BCUT2D eigenvalue weighted by molar-refractivity contribution is 0.0605. The van der Waals surface area contributed by atoms with Crippen molar-refractivity contribution in [3.05, 3.63) is 56.7 Å². The van der Waals surface area contributed by atoms with Gasteiger partial charge < -0.3 is 14.6 Å². The summed E-state index contributed by atoms with van der Waals surface area (Å²) < 4.78 is 18.0. The van der Waals surface area contributed by atoms with Crippen molar-refractivity contribution in [2.24, 2.45) is 0 Å². The molecule has 30 heavy (non-hydrogen) atoms. The number of esters is 1. The van der Waals surface area contributed by atoms with Crippen molar-refractivity contribution in [3.8, 4) is 0 Å². The van der Waals surface area contributed by atoms with Gasteiger partial charge in [0.1, 0.15) is 21.3 Å². The number of nitrogens with one attached hydrogen (secondary N) is 1. The van der Waals surface area contributed by atoms with Crippen LogP contribution in [0.25, 0.3) is 10.2 Å². The number of ether oxygens (including phenoxy) is 1. The van der Waals surface area contributed by atoms with Crippen LogP contribution in [0, 0.1) is 12.7 Å². The zero-order chi connectivity index (χ0) is 21.3. The van der Waals surface area contributed by atoms with Crippen LogP contribution in [-0.4, -0.2) is 54.1 Å². The molecule has 0 radical (unpaired) electrons. The molecule has 158 valence electrons. The van der Waals surface area contributed by atoms with Crippen molar-refractivity contribution in [2.45, 2.75) is 19.9 Å². The number of aromatic nitrogens is 2. The van der Waals surface area contributed by atoms with Gasteiger partial charge in [-0.25, -0.2) is 14.2 Å². The van der Waals surface area contributed by atoms with Crippen molar-refractivity contribution in [2.75, 3.05) is 38.2 Å². The Kier molecular flexibility index (Phi) is 5.83. The van der Waals surface area contributed by atoms with Gasteiger partial charge in [0.15, 0.2) is 0 Å². The molecule has 0 unspecified atom stereocenters. The van der Waals surface area contributed by atoms with E-state index >= 15 is 0 Å². The molecule has 3 heterocycles. The lowest BCUT2D eigenvalue weighted by Crippen LogP contribution is -2.31. The second-order valence-corrected chi connectivity index (χ2v) is 8.33. The number of fused-ring (bicyclic) bond motifs is 1. The minimum absolute atomic E-state index is 0.235. The van der Waals surface area contributed by atoms with Gasteiger partial charge in [-0.3, -0.25) is 9.69 Å². The molecule has 7 nitrogen and oxygen atoms in total. The van der Waals surface area contributed by atoms with E-state index in [1.807, 2.05) is 0 Å². The summed E-state index contributed by atoms with van der Waals surface area (Å²) in [6.07, 6.45) is 0.953. The molecule has 4 rings (SSSR count). The monoisotopic (exact) mass is 430 g/mol. The van der Waals surface area contributed by atoms with Crippen LogP contribution in [-0.2, 0) is 11.3 Å². The van der Waals surface area contributed by atoms with Gasteiger partial charge in [-0.05, 0) is 43.2 Å². The van der Waals surface area contributed by atoms with Crippen LogP contribution in [0.5, 0.6) is 0 Å². The topological polar surface area (TPSA) is 78.5 Å². The van der Waals surface area contributed by atoms with E-state index < -0.39 is 5.97 Å². The summed E-state index contributed by atoms with van der Waals surface area (Å²) in [7, 11) is 1.32. The van der Waals surface area contributed by atoms with E-state index in [4.69, 9.17) is 4.74 Å². The normalized spacial score (nSPS) is 15.4. The Morgan fingerprint density at radius 3 is 2.73 bits per heavy atom. The minimum Gasteiger partial charge on any atom is -0.465 e. The van der Waals surface area contributed by atoms with Gasteiger partial charge in [0.25, 0.3) is 5.56 Å². The van der Waals surface area contributed by atoms with Gasteiger partial charge in [0.2, 0.25) is 0 Å². The molecule has 1 fully saturated rings. The summed E-state index contributed by atoms with van der Waals surface area (Å²) in [4.78, 5) is 37.5. The number of carbonyl (C=O) groups is 1. The van der Waals surface area contributed by atoms with E-state index in [-0.39, 0.29) is 11.4 Å². The molecular formula is C21H23FN4O3S. The third-order valence-electron chi connectivity index (χ3n) is 5.37. The quantitative estimate of drug-likeness (QED) is 0.642. The van der Waals surface area contributed by atoms with Crippen molar-refractivity contribution >= 4 is 33.2 Å². The highest BCUT2D eigenvalue weighted by molar-refractivity contribution is 7.20. The molecule has 9 heteroatoms. The smallest absolute Gasteiger partial charge is 0.348 e. The first-order chi connectivity index (χ1) is 14.5. The van der Waals surface area contributed by atoms with Crippen molar-refractivity contribution < 1.29 is 13.9 Å². The Morgan fingerprint density at radius 2 is 2.00 bits per heavy atom. The second-order valence-electron chi connectivity index (χ2n) is 7.33. The number of methoxy groups -OCH3 is 1. The Morgan fingerprint density at radius 1 is 1.23 bits per heavy atom. The molecule has 0 spiro atoms. The summed E-state index contributed by atoms with van der Waals surface area (Å²) in [6, 6.07) is 6.56. The molecular weight excluding hydrogens is 407 g/mol. The highest BCUT2D eigenvalue weighted by Gasteiger charge is 2.21. The lowest BCUT2D eigenvalue weighted by Gasteiger charge is -2.23. The van der Waals surface area contributed by atoms with Gasteiger partial charge >= 0.3 is 5.97 Å². The number of aryl methyl sites for hydroxylation is 1. The highest BCUT2D eigenvalue weighted by Crippen LogP contribution is 2.27. The average molecular weight is 431 g/mol. The fourth-order valence-corrected chi connectivity index (χ4v) is 4.92. The molecule has 0 atom stereocenters. The standard InChI is InChI=1S/C21H23FN4O3S/c1-13-17-19(27)23-16(24-20(17)30-18(13)21(28)29-2)12-25-8-3-9-26(11-10-25)15-6-4-14(22)5-7-15/h4-7H,3,8-12H2,1-2H3,(H,23,24,27). The number of thiophene rings is 1. The number of hydrogen-bond donors (Lipinski definition) is 1. The maximum Gasteiger partial charge on any atom is 0.348 e. The average Bonchev–Trinajstić information content (AvgIpc) is 2.90. The Labute approximate surface area is 177 Å². The molecule has 0 amide bonds. The number of H-pyrrole nitrogens is 1. The van der Waals surface area contributed by atoms with E-state index in [0.717, 1.165) is 38.3 Å². The molecule has 1 N–H and O–H groups in total. The summed E-state index contributed by atoms with van der Waals surface area (Å²) in [5, 5.41) is 0.447. The van der Waals surface area contributed by atoms with Crippen LogP contribution < -0.4 is 10.5 Å². The first-order valence-corrected chi connectivity index (χ1v) is 10.6. The number of nitrogens with zero attached hydrogens (tertiary/aromatic N) is 3. The number of hydrogen-bond acceptors (Lipinski definition) is 7. The van der Waals surface area contributed by atoms with Crippen LogP contribution in [0.4, 0.5) is 10.1 Å².